The van der Waals surface area contributed by atoms with Crippen LogP contribution in [-0.2, 0) is 4.79 Å². The third kappa shape index (κ3) is 8.44. The van der Waals surface area contributed by atoms with Gasteiger partial charge >= 0.3 is 6.09 Å². The van der Waals surface area contributed by atoms with Crippen LogP contribution in [0.3, 0.4) is 0 Å². The fourth-order valence-corrected chi connectivity index (χ4v) is 2.00. The number of benzene rings is 1. The first kappa shape index (κ1) is 21.6. The van der Waals surface area contributed by atoms with Gasteiger partial charge in [-0.05, 0) is 37.1 Å². The Bertz CT molecular complexity index is 738. The molecule has 1 aromatic rings. The highest BCUT2D eigenvalue weighted by molar-refractivity contribution is 7.80. The predicted molar refractivity (Wildman–Crippen MR) is 96.1 cm³/mol. The van der Waals surface area contributed by atoms with E-state index in [1.807, 2.05) is 0 Å². The molecular weight excluding hydrogens is 380 g/mol. The summed E-state index contributed by atoms with van der Waals surface area (Å²) in [6.07, 6.45) is -0.818. The number of amides is 1. The minimum Gasteiger partial charge on any atom is -0.548 e. The minimum absolute atomic E-state index is 0.0312. The number of guanidine groups is 1. The van der Waals surface area contributed by atoms with Gasteiger partial charge in [-0.25, -0.2) is 14.9 Å². The Morgan fingerprint density at radius 2 is 1.93 bits per heavy atom. The summed E-state index contributed by atoms with van der Waals surface area (Å²) in [7, 11) is 0. The lowest BCUT2D eigenvalue weighted by Crippen LogP contribution is -2.49. The SMILES string of the molecule is NC(=S)c1ccc(OC(=O)NC(CCCN/C(N)=N/[N+](=O)[O-])C(=O)[O-])cc1. The van der Waals surface area contributed by atoms with E-state index < -0.39 is 29.1 Å². The highest BCUT2D eigenvalue weighted by Gasteiger charge is 2.15. The molecule has 13 heteroatoms. The molecule has 146 valence electrons. The van der Waals surface area contributed by atoms with Gasteiger partial charge in [-0.15, -0.1) is 0 Å². The van der Waals surface area contributed by atoms with Crippen LogP contribution in [0.4, 0.5) is 4.79 Å². The fraction of sp³-hybridized carbons (Fsp3) is 0.286. The number of carboxylic acid groups (broad SMARTS) is 1. The number of carbonyl (C=O) groups excluding carboxylic acids is 2. The Morgan fingerprint density at radius 1 is 1.30 bits per heavy atom. The van der Waals surface area contributed by atoms with E-state index in [0.29, 0.717) is 5.56 Å². The lowest BCUT2D eigenvalue weighted by Gasteiger charge is -2.19. The number of carboxylic acids is 1. The van der Waals surface area contributed by atoms with Crippen molar-refractivity contribution in [1.82, 2.24) is 10.6 Å². The molecule has 0 aliphatic carbocycles. The molecule has 1 aromatic carbocycles. The molecule has 1 atom stereocenters. The molecule has 12 nitrogen and oxygen atoms in total. The first-order valence-corrected chi connectivity index (χ1v) is 7.91. The summed E-state index contributed by atoms with van der Waals surface area (Å²) >= 11 is 4.80. The summed E-state index contributed by atoms with van der Waals surface area (Å²) < 4.78 is 4.96. The van der Waals surface area contributed by atoms with Crippen molar-refractivity contribution in [1.29, 1.82) is 0 Å². The van der Waals surface area contributed by atoms with Gasteiger partial charge in [0.25, 0.3) is 5.96 Å². The second-order valence-corrected chi connectivity index (χ2v) is 5.53. The van der Waals surface area contributed by atoms with E-state index in [2.05, 4.69) is 15.7 Å². The zero-order valence-electron chi connectivity index (χ0n) is 13.9. The molecule has 0 bridgehead atoms. The molecule has 0 aromatic heterocycles. The number of ether oxygens (including phenoxy) is 1. The molecule has 0 aliphatic heterocycles. The van der Waals surface area contributed by atoms with Crippen LogP contribution in [0.1, 0.15) is 18.4 Å². The zero-order valence-corrected chi connectivity index (χ0v) is 14.7. The Labute approximate surface area is 158 Å². The van der Waals surface area contributed by atoms with Crippen molar-refractivity contribution < 1.29 is 24.5 Å². The molecule has 0 saturated carbocycles. The summed E-state index contributed by atoms with van der Waals surface area (Å²) in [6.45, 7) is 0.101. The molecule has 1 unspecified atom stereocenters. The number of nitrogens with zero attached hydrogens (tertiary/aromatic N) is 2. The van der Waals surface area contributed by atoms with Crippen molar-refractivity contribution in [3.05, 3.63) is 39.9 Å². The maximum Gasteiger partial charge on any atom is 0.413 e. The molecule has 1 rings (SSSR count). The van der Waals surface area contributed by atoms with E-state index >= 15 is 0 Å². The molecule has 0 spiro atoms. The predicted octanol–water partition coefficient (Wildman–Crippen LogP) is -1.60. The maximum absolute atomic E-state index is 11.8. The maximum atomic E-state index is 11.8. The highest BCUT2D eigenvalue weighted by atomic mass is 32.1. The molecule has 1 amide bonds. The number of thiocarbonyl (C=S) groups is 1. The van der Waals surface area contributed by atoms with Crippen molar-refractivity contribution >= 4 is 35.2 Å². The van der Waals surface area contributed by atoms with Crippen LogP contribution < -0.4 is 31.9 Å². The van der Waals surface area contributed by atoms with Crippen LogP contribution in [0.25, 0.3) is 0 Å². The number of nitro groups is 1. The number of hydrazone groups is 1. The van der Waals surface area contributed by atoms with Crippen molar-refractivity contribution in [2.75, 3.05) is 6.54 Å². The van der Waals surface area contributed by atoms with Gasteiger partial charge in [-0.2, -0.15) is 0 Å². The van der Waals surface area contributed by atoms with E-state index in [1.54, 1.807) is 12.1 Å². The van der Waals surface area contributed by atoms with Crippen molar-refractivity contribution in [3.8, 4) is 5.75 Å². The van der Waals surface area contributed by atoms with Crippen molar-refractivity contribution in [3.63, 3.8) is 0 Å². The minimum atomic E-state index is -1.51. The third-order valence-corrected chi connectivity index (χ3v) is 3.33. The molecule has 0 saturated heterocycles. The Hall–Kier alpha value is -3.48. The Kier molecular flexibility index (Phi) is 8.38. The zero-order chi connectivity index (χ0) is 20.4. The number of hydrogen-bond donors (Lipinski definition) is 4. The van der Waals surface area contributed by atoms with Crippen LogP contribution in [0.15, 0.2) is 29.4 Å². The average molecular weight is 397 g/mol. The number of carbonyl (C=O) groups is 2. The van der Waals surface area contributed by atoms with Crippen molar-refractivity contribution in [2.24, 2.45) is 16.6 Å². The largest absolute Gasteiger partial charge is 0.548 e. The number of nitrogens with one attached hydrogen (secondary N) is 2. The number of nitrogens with two attached hydrogens (primary N) is 2. The lowest BCUT2D eigenvalue weighted by molar-refractivity contribution is -0.485. The van der Waals surface area contributed by atoms with E-state index in [0.717, 1.165) is 0 Å². The van der Waals surface area contributed by atoms with E-state index in [4.69, 9.17) is 28.4 Å². The highest BCUT2D eigenvalue weighted by Crippen LogP contribution is 2.12. The summed E-state index contributed by atoms with van der Waals surface area (Å²) in [5.41, 5.74) is 11.2. The Balaban J connectivity index is 2.48. The molecule has 0 fully saturated rings. The van der Waals surface area contributed by atoms with E-state index in [-0.39, 0.29) is 30.1 Å². The van der Waals surface area contributed by atoms with Gasteiger partial charge in [-0.1, -0.05) is 12.2 Å². The number of hydrogen-bond acceptors (Lipinski definition) is 7. The first-order chi connectivity index (χ1) is 12.7. The van der Waals surface area contributed by atoms with E-state index in [9.17, 15) is 24.8 Å². The van der Waals surface area contributed by atoms with Gasteiger partial charge in [0.15, 0.2) is 5.03 Å². The summed E-state index contributed by atoms with van der Waals surface area (Å²) in [6, 6.07) is 4.66. The standard InChI is InChI=1S/C14H18N6O6S/c15-11(27)8-3-5-9(6-4-8)26-14(23)18-10(12(21)22)2-1-7-17-13(16)19-20(24)25/h3-6,10H,1-2,7H2,(H2,15,27)(H,18,23)(H,21,22)(H3,16,17,19)/p-1. The second kappa shape index (κ2) is 10.5. The van der Waals surface area contributed by atoms with Crippen LogP contribution in [0.5, 0.6) is 5.75 Å². The quantitative estimate of drug-likeness (QED) is 0.0940. The number of aliphatic carboxylic acids is 1. The molecule has 27 heavy (non-hydrogen) atoms. The van der Waals surface area contributed by atoms with Gasteiger partial charge in [-0.3, -0.25) is 0 Å². The van der Waals surface area contributed by atoms with Gasteiger partial charge < -0.3 is 36.7 Å². The summed E-state index contributed by atoms with van der Waals surface area (Å²) in [5, 5.41) is 27.6. The van der Waals surface area contributed by atoms with Crippen LogP contribution in [-0.4, -0.2) is 40.6 Å². The van der Waals surface area contributed by atoms with Crippen LogP contribution in [0.2, 0.25) is 0 Å². The summed E-state index contributed by atoms with van der Waals surface area (Å²) in [5.74, 6) is -1.77. The monoisotopic (exact) mass is 397 g/mol. The van der Waals surface area contributed by atoms with Gasteiger partial charge in [0.1, 0.15) is 15.8 Å². The van der Waals surface area contributed by atoms with Crippen LogP contribution in [0, 0.1) is 10.1 Å². The molecular formula is C14H17N6O6S-. The third-order valence-electron chi connectivity index (χ3n) is 3.09. The summed E-state index contributed by atoms with van der Waals surface area (Å²) in [4.78, 5) is 33.2. The van der Waals surface area contributed by atoms with Crippen LogP contribution >= 0.6 is 12.2 Å². The smallest absolute Gasteiger partial charge is 0.413 e. The topological polar surface area (TPSA) is 198 Å². The fourth-order valence-electron chi connectivity index (χ4n) is 1.86. The average Bonchev–Trinajstić information content (AvgIpc) is 2.57. The number of rotatable bonds is 9. The molecule has 0 radical (unpaired) electrons. The van der Waals surface area contributed by atoms with Gasteiger partial charge in [0.05, 0.1) is 12.0 Å². The van der Waals surface area contributed by atoms with Crippen molar-refractivity contribution in [2.45, 2.75) is 18.9 Å². The molecule has 0 aliphatic rings. The lowest BCUT2D eigenvalue weighted by atomic mass is 10.1. The van der Waals surface area contributed by atoms with Gasteiger partial charge in [0.2, 0.25) is 0 Å². The molecule has 6 N–H and O–H groups in total. The molecule has 0 heterocycles. The Morgan fingerprint density at radius 3 is 2.44 bits per heavy atom. The first-order valence-electron chi connectivity index (χ1n) is 7.50. The normalized spacial score (nSPS) is 11.9. The van der Waals surface area contributed by atoms with E-state index in [1.165, 1.54) is 12.1 Å². The second-order valence-electron chi connectivity index (χ2n) is 5.09. The van der Waals surface area contributed by atoms with Gasteiger partial charge in [0, 0.05) is 12.1 Å².